The van der Waals surface area contributed by atoms with Gasteiger partial charge in [-0.05, 0) is 49.2 Å². The van der Waals surface area contributed by atoms with Gasteiger partial charge in [-0.15, -0.1) is 0 Å². The SMILES string of the molecule is Cc1ccc(S(=O)(=O)N[C@@H](C)C(=O)NC(c2ccccc2)c2ccc3nc[nH]c3c2)cc1. The van der Waals surface area contributed by atoms with Crippen LogP contribution in [0.4, 0.5) is 0 Å². The molecule has 0 saturated carbocycles. The van der Waals surface area contributed by atoms with Gasteiger partial charge in [-0.25, -0.2) is 13.4 Å². The van der Waals surface area contributed by atoms with Gasteiger partial charge in [0, 0.05) is 0 Å². The number of amides is 1. The quantitative estimate of drug-likeness (QED) is 0.403. The lowest BCUT2D eigenvalue weighted by Crippen LogP contribution is -2.46. The van der Waals surface area contributed by atoms with Crippen molar-refractivity contribution >= 4 is 27.0 Å². The molecule has 3 aromatic carbocycles. The van der Waals surface area contributed by atoms with Gasteiger partial charge in [0.2, 0.25) is 15.9 Å². The van der Waals surface area contributed by atoms with E-state index < -0.39 is 28.0 Å². The Morgan fingerprint density at radius 1 is 0.969 bits per heavy atom. The zero-order chi connectivity index (χ0) is 22.7. The summed E-state index contributed by atoms with van der Waals surface area (Å²) in [5.41, 5.74) is 4.37. The summed E-state index contributed by atoms with van der Waals surface area (Å²) in [4.78, 5) is 20.5. The first-order chi connectivity index (χ1) is 15.3. The largest absolute Gasteiger partial charge is 0.345 e. The zero-order valence-corrected chi connectivity index (χ0v) is 18.6. The number of aromatic nitrogens is 2. The number of nitrogens with one attached hydrogen (secondary N) is 3. The molecule has 0 saturated heterocycles. The number of carbonyl (C=O) groups excluding carboxylic acids is 1. The van der Waals surface area contributed by atoms with Gasteiger partial charge in [0.1, 0.15) is 0 Å². The van der Waals surface area contributed by atoms with Crippen LogP contribution in [-0.4, -0.2) is 30.3 Å². The van der Waals surface area contributed by atoms with Gasteiger partial charge in [-0.2, -0.15) is 4.72 Å². The minimum absolute atomic E-state index is 0.118. The minimum atomic E-state index is -3.83. The normalized spacial score (nSPS) is 13.6. The van der Waals surface area contributed by atoms with Crippen LogP contribution in [0.25, 0.3) is 11.0 Å². The van der Waals surface area contributed by atoms with Crippen molar-refractivity contribution in [2.45, 2.75) is 30.8 Å². The number of sulfonamides is 1. The predicted molar refractivity (Wildman–Crippen MR) is 123 cm³/mol. The molecule has 1 unspecified atom stereocenters. The topological polar surface area (TPSA) is 104 Å². The van der Waals surface area contributed by atoms with Gasteiger partial charge in [0.05, 0.1) is 34.3 Å². The summed E-state index contributed by atoms with van der Waals surface area (Å²) in [5.74, 6) is -0.431. The fraction of sp³-hybridized carbons (Fsp3) is 0.167. The molecule has 0 spiro atoms. The molecule has 1 aromatic heterocycles. The van der Waals surface area contributed by atoms with Crippen LogP contribution in [0.5, 0.6) is 0 Å². The van der Waals surface area contributed by atoms with Crippen LogP contribution in [0.3, 0.4) is 0 Å². The molecule has 0 fully saturated rings. The van der Waals surface area contributed by atoms with Crippen molar-refractivity contribution in [2.75, 3.05) is 0 Å². The minimum Gasteiger partial charge on any atom is -0.345 e. The van der Waals surface area contributed by atoms with Gasteiger partial charge >= 0.3 is 0 Å². The van der Waals surface area contributed by atoms with Crippen molar-refractivity contribution < 1.29 is 13.2 Å². The molecule has 3 N–H and O–H groups in total. The molecule has 32 heavy (non-hydrogen) atoms. The van der Waals surface area contributed by atoms with Crippen molar-refractivity contribution in [3.05, 3.63) is 95.8 Å². The highest BCUT2D eigenvalue weighted by Crippen LogP contribution is 2.25. The van der Waals surface area contributed by atoms with Gasteiger partial charge in [-0.1, -0.05) is 54.1 Å². The van der Waals surface area contributed by atoms with E-state index in [9.17, 15) is 13.2 Å². The van der Waals surface area contributed by atoms with Crippen molar-refractivity contribution in [2.24, 2.45) is 0 Å². The van der Waals surface area contributed by atoms with E-state index in [1.54, 1.807) is 18.5 Å². The number of imidazole rings is 1. The van der Waals surface area contributed by atoms with Gasteiger partial charge in [0.15, 0.2) is 0 Å². The number of aryl methyl sites for hydroxylation is 1. The van der Waals surface area contributed by atoms with Crippen LogP contribution in [0.15, 0.2) is 84.0 Å². The van der Waals surface area contributed by atoms with Crippen molar-refractivity contribution in [1.29, 1.82) is 0 Å². The number of rotatable bonds is 7. The van der Waals surface area contributed by atoms with Crippen LogP contribution < -0.4 is 10.0 Å². The van der Waals surface area contributed by atoms with Crippen LogP contribution in [0.1, 0.15) is 29.7 Å². The maximum atomic E-state index is 13.0. The third-order valence-corrected chi connectivity index (χ3v) is 6.81. The van der Waals surface area contributed by atoms with Crippen molar-refractivity contribution in [1.82, 2.24) is 20.0 Å². The van der Waals surface area contributed by atoms with E-state index in [-0.39, 0.29) is 4.90 Å². The van der Waals surface area contributed by atoms with E-state index in [1.807, 2.05) is 55.5 Å². The standard InChI is InChI=1S/C24H24N4O3S/c1-16-8-11-20(12-9-16)32(30,31)28-17(2)24(29)27-23(18-6-4-3-5-7-18)19-10-13-21-22(14-19)26-15-25-21/h3-15,17,23,28H,1-2H3,(H,25,26)(H,27,29)/t17-,23?/m0/s1. The number of carbonyl (C=O) groups is 1. The summed E-state index contributed by atoms with van der Waals surface area (Å²) in [5, 5.41) is 2.99. The molecule has 0 aliphatic carbocycles. The summed E-state index contributed by atoms with van der Waals surface area (Å²) in [6.07, 6.45) is 1.62. The number of hydrogen-bond acceptors (Lipinski definition) is 4. The molecule has 1 heterocycles. The Labute approximate surface area is 187 Å². The van der Waals surface area contributed by atoms with Crippen LogP contribution in [-0.2, 0) is 14.8 Å². The first-order valence-electron chi connectivity index (χ1n) is 10.2. The zero-order valence-electron chi connectivity index (χ0n) is 17.7. The molecule has 8 heteroatoms. The van der Waals surface area contributed by atoms with E-state index in [0.29, 0.717) is 0 Å². The molecule has 2 atom stereocenters. The van der Waals surface area contributed by atoms with E-state index in [4.69, 9.17) is 0 Å². The number of fused-ring (bicyclic) bond motifs is 1. The summed E-state index contributed by atoms with van der Waals surface area (Å²) in [6, 6.07) is 20.3. The molecule has 4 aromatic rings. The lowest BCUT2D eigenvalue weighted by molar-refractivity contribution is -0.122. The van der Waals surface area contributed by atoms with Gasteiger partial charge in [0.25, 0.3) is 0 Å². The third kappa shape index (κ3) is 4.71. The lowest BCUT2D eigenvalue weighted by Gasteiger charge is -2.22. The van der Waals surface area contributed by atoms with Crippen LogP contribution in [0.2, 0.25) is 0 Å². The molecule has 0 aliphatic heterocycles. The van der Waals surface area contributed by atoms with E-state index in [0.717, 1.165) is 27.7 Å². The second-order valence-corrected chi connectivity index (χ2v) is 9.40. The number of benzene rings is 3. The summed E-state index contributed by atoms with van der Waals surface area (Å²) >= 11 is 0. The Morgan fingerprint density at radius 2 is 1.69 bits per heavy atom. The highest BCUT2D eigenvalue weighted by atomic mass is 32.2. The second kappa shape index (κ2) is 8.94. The van der Waals surface area contributed by atoms with E-state index >= 15 is 0 Å². The summed E-state index contributed by atoms with van der Waals surface area (Å²) < 4.78 is 27.9. The maximum Gasteiger partial charge on any atom is 0.241 e. The summed E-state index contributed by atoms with van der Waals surface area (Å²) in [6.45, 7) is 3.41. The highest BCUT2D eigenvalue weighted by Gasteiger charge is 2.25. The third-order valence-electron chi connectivity index (χ3n) is 5.25. The van der Waals surface area contributed by atoms with Gasteiger partial charge in [-0.3, -0.25) is 4.79 Å². The van der Waals surface area contributed by atoms with E-state index in [2.05, 4.69) is 20.0 Å². The molecule has 1 amide bonds. The molecular weight excluding hydrogens is 424 g/mol. The van der Waals surface area contributed by atoms with Crippen LogP contribution >= 0.6 is 0 Å². The lowest BCUT2D eigenvalue weighted by atomic mass is 9.98. The molecule has 0 radical (unpaired) electrons. The number of nitrogens with zero attached hydrogens (tertiary/aromatic N) is 1. The molecule has 4 rings (SSSR count). The first kappa shape index (κ1) is 21.7. The smallest absolute Gasteiger partial charge is 0.241 e. The van der Waals surface area contributed by atoms with Gasteiger partial charge < -0.3 is 10.3 Å². The van der Waals surface area contributed by atoms with Crippen molar-refractivity contribution in [3.63, 3.8) is 0 Å². The average molecular weight is 449 g/mol. The number of aromatic amines is 1. The Morgan fingerprint density at radius 3 is 2.41 bits per heavy atom. The van der Waals surface area contributed by atoms with Crippen molar-refractivity contribution in [3.8, 4) is 0 Å². The summed E-state index contributed by atoms with van der Waals surface area (Å²) in [7, 11) is -3.83. The monoisotopic (exact) mass is 448 g/mol. The molecule has 164 valence electrons. The van der Waals surface area contributed by atoms with Crippen LogP contribution in [0, 0.1) is 6.92 Å². The Hall–Kier alpha value is -3.49. The molecular formula is C24H24N4O3S. The fourth-order valence-corrected chi connectivity index (χ4v) is 4.68. The van der Waals surface area contributed by atoms with E-state index in [1.165, 1.54) is 19.1 Å². The molecule has 7 nitrogen and oxygen atoms in total. The fourth-order valence-electron chi connectivity index (χ4n) is 3.48. The first-order valence-corrected chi connectivity index (χ1v) is 11.7. The number of hydrogen-bond donors (Lipinski definition) is 3. The molecule has 0 aliphatic rings. The maximum absolute atomic E-state index is 13.0. The second-order valence-electron chi connectivity index (χ2n) is 7.69. The average Bonchev–Trinajstić information content (AvgIpc) is 3.26. The number of H-pyrrole nitrogens is 1. The Bertz CT molecular complexity index is 1330. The molecule has 0 bridgehead atoms. The highest BCUT2D eigenvalue weighted by molar-refractivity contribution is 7.89. The Kier molecular flexibility index (Phi) is 6.07. The Balaban J connectivity index is 1.57. The predicted octanol–water partition coefficient (Wildman–Crippen LogP) is 3.44.